The van der Waals surface area contributed by atoms with Crippen LogP contribution in [0.2, 0.25) is 0 Å². The maximum absolute atomic E-state index is 2.25. The standard InChI is InChI=1S/C12H20S7/c1(9-5-15-9)13-2-10-6-17-11(7-16-10)3-14-4-12-8-18-19-12/h9-12H,1-8H2. The molecule has 7 heteroatoms. The van der Waals surface area contributed by atoms with Crippen LogP contribution in [0.25, 0.3) is 0 Å². The maximum Gasteiger partial charge on any atom is 0.0340 e. The van der Waals surface area contributed by atoms with Crippen LogP contribution in [0.3, 0.4) is 0 Å². The summed E-state index contributed by atoms with van der Waals surface area (Å²) >= 11 is 11.0. The average Bonchev–Trinajstić information content (AvgIpc) is 3.18. The molecule has 0 nitrogen and oxygen atoms in total. The first kappa shape index (κ1) is 16.3. The summed E-state index contributed by atoms with van der Waals surface area (Å²) in [5.41, 5.74) is 0. The lowest BCUT2D eigenvalue weighted by Gasteiger charge is -2.28. The van der Waals surface area contributed by atoms with Gasteiger partial charge in [0, 0.05) is 67.0 Å². The molecule has 3 saturated heterocycles. The van der Waals surface area contributed by atoms with Gasteiger partial charge in [-0.2, -0.15) is 58.8 Å². The first-order chi connectivity index (χ1) is 9.40. The number of hydrogen-bond acceptors (Lipinski definition) is 7. The summed E-state index contributed by atoms with van der Waals surface area (Å²) < 4.78 is 0. The molecule has 0 spiro atoms. The number of rotatable bonds is 8. The molecule has 4 atom stereocenters. The highest BCUT2D eigenvalue weighted by molar-refractivity contribution is 8.79. The van der Waals surface area contributed by atoms with Crippen molar-refractivity contribution in [2.45, 2.75) is 21.0 Å². The molecule has 110 valence electrons. The van der Waals surface area contributed by atoms with Gasteiger partial charge in [-0.15, -0.1) is 0 Å². The highest BCUT2D eigenvalue weighted by Crippen LogP contribution is 2.42. The van der Waals surface area contributed by atoms with E-state index in [9.17, 15) is 0 Å². The highest BCUT2D eigenvalue weighted by atomic mass is 33.1. The molecule has 0 amide bonds. The van der Waals surface area contributed by atoms with Gasteiger partial charge in [0.2, 0.25) is 0 Å². The van der Waals surface area contributed by atoms with Gasteiger partial charge in [-0.05, 0) is 0 Å². The molecule has 3 aliphatic rings. The van der Waals surface area contributed by atoms with Crippen LogP contribution in [-0.4, -0.2) is 67.0 Å². The third-order valence-corrected chi connectivity index (χ3v) is 13.8. The Kier molecular flexibility index (Phi) is 7.66. The quantitative estimate of drug-likeness (QED) is 0.436. The van der Waals surface area contributed by atoms with E-state index >= 15 is 0 Å². The minimum atomic E-state index is 0.924. The van der Waals surface area contributed by atoms with Crippen LogP contribution in [0.1, 0.15) is 0 Å². The van der Waals surface area contributed by atoms with E-state index in [4.69, 9.17) is 0 Å². The zero-order chi connectivity index (χ0) is 12.9. The van der Waals surface area contributed by atoms with E-state index in [0.717, 1.165) is 21.0 Å². The lowest BCUT2D eigenvalue weighted by molar-refractivity contribution is 1.05. The Morgan fingerprint density at radius 2 is 1.05 bits per heavy atom. The lowest BCUT2D eigenvalue weighted by atomic mass is 10.5. The molecule has 0 aliphatic carbocycles. The van der Waals surface area contributed by atoms with Gasteiger partial charge in [0.1, 0.15) is 0 Å². The predicted molar refractivity (Wildman–Crippen MR) is 107 cm³/mol. The van der Waals surface area contributed by atoms with Crippen LogP contribution in [0.5, 0.6) is 0 Å². The molecule has 4 unspecified atom stereocenters. The van der Waals surface area contributed by atoms with Crippen molar-refractivity contribution in [3.8, 4) is 0 Å². The van der Waals surface area contributed by atoms with Gasteiger partial charge < -0.3 is 0 Å². The molecule has 0 radical (unpaired) electrons. The molecule has 0 aromatic heterocycles. The van der Waals surface area contributed by atoms with Crippen LogP contribution in [-0.2, 0) is 0 Å². The third-order valence-electron chi connectivity index (χ3n) is 3.11. The molecule has 0 saturated carbocycles. The second-order valence-electron chi connectivity index (χ2n) is 4.94. The molecular weight excluding hydrogens is 369 g/mol. The Morgan fingerprint density at radius 3 is 1.37 bits per heavy atom. The molecule has 0 aromatic rings. The fourth-order valence-electron chi connectivity index (χ4n) is 1.84. The van der Waals surface area contributed by atoms with Crippen LogP contribution in [0.15, 0.2) is 0 Å². The Morgan fingerprint density at radius 1 is 0.632 bits per heavy atom. The summed E-state index contributed by atoms with van der Waals surface area (Å²) in [7, 11) is 4.12. The predicted octanol–water partition coefficient (Wildman–Crippen LogP) is 4.55. The van der Waals surface area contributed by atoms with Gasteiger partial charge in [0.15, 0.2) is 0 Å². The van der Waals surface area contributed by atoms with Crippen LogP contribution >= 0.6 is 80.4 Å². The smallest absolute Gasteiger partial charge is 0.0340 e. The summed E-state index contributed by atoms with van der Waals surface area (Å²) in [5.74, 6) is 11.2. The van der Waals surface area contributed by atoms with Crippen molar-refractivity contribution >= 4 is 80.4 Å². The van der Waals surface area contributed by atoms with Gasteiger partial charge >= 0.3 is 0 Å². The van der Waals surface area contributed by atoms with Gasteiger partial charge in [-0.3, -0.25) is 0 Å². The van der Waals surface area contributed by atoms with E-state index in [2.05, 4.69) is 69.6 Å². The van der Waals surface area contributed by atoms with Crippen molar-refractivity contribution in [3.63, 3.8) is 0 Å². The fourth-order valence-corrected chi connectivity index (χ4v) is 11.4. The molecule has 0 aromatic carbocycles. The Balaban J connectivity index is 1.20. The van der Waals surface area contributed by atoms with Gasteiger partial charge in [-0.1, -0.05) is 21.6 Å². The van der Waals surface area contributed by atoms with Crippen molar-refractivity contribution in [2.24, 2.45) is 0 Å². The zero-order valence-corrected chi connectivity index (χ0v) is 16.5. The third kappa shape index (κ3) is 6.22. The summed E-state index contributed by atoms with van der Waals surface area (Å²) in [4.78, 5) is 0. The van der Waals surface area contributed by atoms with E-state index < -0.39 is 0 Å². The van der Waals surface area contributed by atoms with E-state index in [-0.39, 0.29) is 0 Å². The average molecular weight is 389 g/mol. The van der Waals surface area contributed by atoms with Crippen LogP contribution in [0.4, 0.5) is 0 Å². The van der Waals surface area contributed by atoms with E-state index in [1.165, 1.54) is 46.0 Å². The SMILES string of the molecule is C(SCC1CSC(CSCC2CSS2)CS1)C1CS1. The molecule has 19 heavy (non-hydrogen) atoms. The van der Waals surface area contributed by atoms with Crippen molar-refractivity contribution in [1.29, 1.82) is 0 Å². The second-order valence-corrected chi connectivity index (χ2v) is 13.8. The first-order valence-corrected chi connectivity index (χ1v) is 14.5. The molecule has 0 N–H and O–H groups in total. The second kappa shape index (κ2) is 8.92. The van der Waals surface area contributed by atoms with E-state index in [1.54, 1.807) is 0 Å². The molecule has 3 fully saturated rings. The Hall–Kier alpha value is 2.45. The first-order valence-electron chi connectivity index (χ1n) is 6.68. The molecule has 0 bridgehead atoms. The fraction of sp³-hybridized carbons (Fsp3) is 1.00. The minimum absolute atomic E-state index is 0.924. The van der Waals surface area contributed by atoms with E-state index in [0.29, 0.717) is 0 Å². The van der Waals surface area contributed by atoms with Gasteiger partial charge in [0.25, 0.3) is 0 Å². The minimum Gasteiger partial charge on any atom is -0.160 e. The largest absolute Gasteiger partial charge is 0.160 e. The Bertz CT molecular complexity index is 259. The normalized spacial score (nSPS) is 37.9. The molecule has 3 heterocycles. The summed E-state index contributed by atoms with van der Waals surface area (Å²) in [5, 5.41) is 3.82. The van der Waals surface area contributed by atoms with Crippen molar-refractivity contribution in [2.75, 3.05) is 46.0 Å². The van der Waals surface area contributed by atoms with Gasteiger partial charge in [-0.25, -0.2) is 0 Å². The van der Waals surface area contributed by atoms with E-state index in [1.807, 2.05) is 10.8 Å². The topological polar surface area (TPSA) is 0 Å². The Labute approximate surface area is 146 Å². The monoisotopic (exact) mass is 388 g/mol. The summed E-state index contributed by atoms with van der Waals surface area (Å²) in [6, 6.07) is 0. The van der Waals surface area contributed by atoms with Crippen molar-refractivity contribution in [3.05, 3.63) is 0 Å². The van der Waals surface area contributed by atoms with Gasteiger partial charge in [0.05, 0.1) is 0 Å². The number of thioether (sulfide) groups is 5. The molecular formula is C12H20S7. The summed E-state index contributed by atoms with van der Waals surface area (Å²) in [6.07, 6.45) is 0. The van der Waals surface area contributed by atoms with Crippen molar-refractivity contribution < 1.29 is 0 Å². The van der Waals surface area contributed by atoms with Crippen LogP contribution in [0, 0.1) is 0 Å². The van der Waals surface area contributed by atoms with Crippen molar-refractivity contribution in [1.82, 2.24) is 0 Å². The summed E-state index contributed by atoms with van der Waals surface area (Å²) in [6.45, 7) is 0. The maximum atomic E-state index is 2.25. The van der Waals surface area contributed by atoms with Crippen LogP contribution < -0.4 is 0 Å². The molecule has 3 aliphatic heterocycles. The number of hydrogen-bond donors (Lipinski definition) is 0. The zero-order valence-electron chi connectivity index (χ0n) is 10.8. The lowest BCUT2D eigenvalue weighted by Crippen LogP contribution is -2.25. The molecule has 3 rings (SSSR count). The highest BCUT2D eigenvalue weighted by Gasteiger charge is 2.26.